The fourth-order valence-corrected chi connectivity index (χ4v) is 2.70. The maximum atomic E-state index is 12.5. The van der Waals surface area contributed by atoms with E-state index in [1.54, 1.807) is 23.2 Å². The number of phenols is 1. The van der Waals surface area contributed by atoms with Gasteiger partial charge in [0.15, 0.2) is 6.61 Å². The number of aromatic hydroxyl groups is 1. The van der Waals surface area contributed by atoms with Gasteiger partial charge in [-0.25, -0.2) is 4.98 Å². The minimum atomic E-state index is -0.0975. The molecule has 1 fully saturated rings. The summed E-state index contributed by atoms with van der Waals surface area (Å²) in [4.78, 5) is 18.7. The van der Waals surface area contributed by atoms with E-state index in [9.17, 15) is 9.90 Å². The molecule has 7 heteroatoms. The van der Waals surface area contributed by atoms with E-state index in [4.69, 9.17) is 4.74 Å². The lowest BCUT2D eigenvalue weighted by Crippen LogP contribution is -2.50. The molecule has 0 radical (unpaired) electrons. The maximum Gasteiger partial charge on any atom is 0.261 e. The van der Waals surface area contributed by atoms with Crippen molar-refractivity contribution in [1.29, 1.82) is 0 Å². The highest BCUT2D eigenvalue weighted by Gasteiger charge is 2.30. The molecule has 1 saturated heterocycles. The highest BCUT2D eigenvalue weighted by Crippen LogP contribution is 2.21. The number of aromatic nitrogens is 2. The molecule has 23 heavy (non-hydrogen) atoms. The van der Waals surface area contributed by atoms with Crippen molar-refractivity contribution in [2.75, 3.05) is 26.2 Å². The monoisotopic (exact) mass is 316 g/mol. The van der Waals surface area contributed by atoms with Crippen LogP contribution >= 0.6 is 0 Å². The molecule has 1 amide bonds. The summed E-state index contributed by atoms with van der Waals surface area (Å²) in [5.41, 5.74) is 0. The number of amides is 1. The SMILES string of the molecule is Cn1ccnc1C1CNCCN1C(=O)COc1ccc(O)cc1. The van der Waals surface area contributed by atoms with E-state index in [0.29, 0.717) is 18.8 Å². The summed E-state index contributed by atoms with van der Waals surface area (Å²) in [6.07, 6.45) is 3.61. The van der Waals surface area contributed by atoms with Gasteiger partial charge < -0.3 is 24.6 Å². The zero-order chi connectivity index (χ0) is 16.2. The fourth-order valence-electron chi connectivity index (χ4n) is 2.70. The van der Waals surface area contributed by atoms with Crippen LogP contribution < -0.4 is 10.1 Å². The van der Waals surface area contributed by atoms with Gasteiger partial charge in [-0.15, -0.1) is 0 Å². The Labute approximate surface area is 134 Å². The lowest BCUT2D eigenvalue weighted by atomic mass is 10.1. The average Bonchev–Trinajstić information content (AvgIpc) is 3.00. The number of benzene rings is 1. The van der Waals surface area contributed by atoms with Gasteiger partial charge in [0.05, 0.1) is 0 Å². The first-order chi connectivity index (χ1) is 11.1. The molecule has 1 aromatic carbocycles. The van der Waals surface area contributed by atoms with E-state index < -0.39 is 0 Å². The standard InChI is InChI=1S/C16H20N4O3/c1-19-8-7-18-16(19)14-10-17-6-9-20(14)15(22)11-23-13-4-2-12(21)3-5-13/h2-5,7-8,14,17,21H,6,9-11H2,1H3. The van der Waals surface area contributed by atoms with E-state index in [2.05, 4.69) is 10.3 Å². The summed E-state index contributed by atoms with van der Waals surface area (Å²) in [5, 5.41) is 12.6. The molecule has 1 unspecified atom stereocenters. The molecular formula is C16H20N4O3. The van der Waals surface area contributed by atoms with Crippen molar-refractivity contribution >= 4 is 5.91 Å². The molecule has 0 saturated carbocycles. The number of carbonyl (C=O) groups excluding carboxylic acids is 1. The average molecular weight is 316 g/mol. The molecule has 2 aromatic rings. The lowest BCUT2D eigenvalue weighted by Gasteiger charge is -2.35. The molecule has 0 aliphatic carbocycles. The van der Waals surface area contributed by atoms with Crippen molar-refractivity contribution in [2.45, 2.75) is 6.04 Å². The summed E-state index contributed by atoms with van der Waals surface area (Å²) >= 11 is 0. The Kier molecular flexibility index (Phi) is 4.47. The van der Waals surface area contributed by atoms with Gasteiger partial charge in [0.25, 0.3) is 5.91 Å². The second kappa shape index (κ2) is 6.70. The number of nitrogens with one attached hydrogen (secondary N) is 1. The lowest BCUT2D eigenvalue weighted by molar-refractivity contribution is -0.137. The predicted molar refractivity (Wildman–Crippen MR) is 84.1 cm³/mol. The van der Waals surface area contributed by atoms with Gasteiger partial charge in [0.1, 0.15) is 23.4 Å². The van der Waals surface area contributed by atoms with Crippen molar-refractivity contribution < 1.29 is 14.6 Å². The predicted octanol–water partition coefficient (Wildman–Crippen LogP) is 0.678. The Hall–Kier alpha value is -2.54. The molecule has 1 aliphatic rings. The first kappa shape index (κ1) is 15.4. The van der Waals surface area contributed by atoms with Gasteiger partial charge in [-0.05, 0) is 24.3 Å². The number of phenolic OH excluding ortho intramolecular Hbond substituents is 1. The molecule has 3 rings (SSSR count). The number of nitrogens with zero attached hydrogens (tertiary/aromatic N) is 3. The van der Waals surface area contributed by atoms with Gasteiger partial charge in [-0.3, -0.25) is 4.79 Å². The molecule has 1 aliphatic heterocycles. The Balaban J connectivity index is 1.66. The molecule has 1 atom stereocenters. The van der Waals surface area contributed by atoms with Gasteiger partial charge in [0, 0.05) is 39.1 Å². The van der Waals surface area contributed by atoms with E-state index >= 15 is 0 Å². The molecule has 122 valence electrons. The van der Waals surface area contributed by atoms with E-state index in [1.165, 1.54) is 12.1 Å². The fraction of sp³-hybridized carbons (Fsp3) is 0.375. The van der Waals surface area contributed by atoms with Crippen LogP contribution in [0.3, 0.4) is 0 Å². The molecule has 2 heterocycles. The molecule has 0 bridgehead atoms. The number of carbonyl (C=O) groups is 1. The quantitative estimate of drug-likeness (QED) is 0.867. The molecule has 2 N–H and O–H groups in total. The Morgan fingerprint density at radius 3 is 2.91 bits per heavy atom. The zero-order valence-corrected chi connectivity index (χ0v) is 13.0. The van der Waals surface area contributed by atoms with Crippen LogP contribution in [0.4, 0.5) is 0 Å². The zero-order valence-electron chi connectivity index (χ0n) is 13.0. The van der Waals surface area contributed by atoms with E-state index in [0.717, 1.165) is 12.4 Å². The summed E-state index contributed by atoms with van der Waals surface area (Å²) in [6.45, 7) is 2.02. The van der Waals surface area contributed by atoms with Gasteiger partial charge in [0.2, 0.25) is 0 Å². The third-order valence-corrected chi connectivity index (χ3v) is 3.92. The van der Waals surface area contributed by atoms with Crippen LogP contribution in [-0.2, 0) is 11.8 Å². The number of ether oxygens (including phenoxy) is 1. The van der Waals surface area contributed by atoms with Gasteiger partial charge >= 0.3 is 0 Å². The van der Waals surface area contributed by atoms with E-state index in [1.807, 2.05) is 17.8 Å². The van der Waals surface area contributed by atoms with Crippen LogP contribution in [0, 0.1) is 0 Å². The first-order valence-corrected chi connectivity index (χ1v) is 7.54. The highest BCUT2D eigenvalue weighted by atomic mass is 16.5. The molecular weight excluding hydrogens is 296 g/mol. The van der Waals surface area contributed by atoms with Crippen LogP contribution in [0.2, 0.25) is 0 Å². The first-order valence-electron chi connectivity index (χ1n) is 7.54. The summed E-state index contributed by atoms with van der Waals surface area (Å²) in [7, 11) is 1.92. The van der Waals surface area contributed by atoms with Crippen LogP contribution in [-0.4, -0.2) is 51.7 Å². The van der Waals surface area contributed by atoms with Crippen LogP contribution in [0.1, 0.15) is 11.9 Å². The van der Waals surface area contributed by atoms with E-state index in [-0.39, 0.29) is 24.3 Å². The smallest absolute Gasteiger partial charge is 0.261 e. The number of hydrogen-bond donors (Lipinski definition) is 2. The van der Waals surface area contributed by atoms with Crippen LogP contribution in [0.25, 0.3) is 0 Å². The van der Waals surface area contributed by atoms with Gasteiger partial charge in [-0.2, -0.15) is 0 Å². The third kappa shape index (κ3) is 3.45. The normalized spacial score (nSPS) is 18.0. The number of imidazole rings is 1. The minimum Gasteiger partial charge on any atom is -0.508 e. The number of rotatable bonds is 4. The minimum absolute atomic E-state index is 0.0360. The maximum absolute atomic E-state index is 12.5. The summed E-state index contributed by atoms with van der Waals surface area (Å²) in [5.74, 6) is 1.50. The summed E-state index contributed by atoms with van der Waals surface area (Å²) < 4.78 is 7.45. The van der Waals surface area contributed by atoms with Crippen molar-refractivity contribution in [3.05, 3.63) is 42.5 Å². The van der Waals surface area contributed by atoms with Gasteiger partial charge in [-0.1, -0.05) is 0 Å². The second-order valence-corrected chi connectivity index (χ2v) is 5.49. The topological polar surface area (TPSA) is 79.6 Å². The summed E-state index contributed by atoms with van der Waals surface area (Å²) in [6, 6.07) is 6.23. The largest absolute Gasteiger partial charge is 0.508 e. The Morgan fingerprint density at radius 2 is 2.22 bits per heavy atom. The van der Waals surface area contributed by atoms with Crippen molar-refractivity contribution in [3.63, 3.8) is 0 Å². The number of hydrogen-bond acceptors (Lipinski definition) is 5. The number of piperazine rings is 1. The Morgan fingerprint density at radius 1 is 1.43 bits per heavy atom. The molecule has 7 nitrogen and oxygen atoms in total. The van der Waals surface area contributed by atoms with Crippen molar-refractivity contribution in [3.8, 4) is 11.5 Å². The highest BCUT2D eigenvalue weighted by molar-refractivity contribution is 5.78. The molecule has 0 spiro atoms. The molecule has 1 aromatic heterocycles. The van der Waals surface area contributed by atoms with Crippen LogP contribution in [0.15, 0.2) is 36.7 Å². The Bertz CT molecular complexity index is 668. The van der Waals surface area contributed by atoms with Crippen LogP contribution in [0.5, 0.6) is 11.5 Å². The van der Waals surface area contributed by atoms with Crippen molar-refractivity contribution in [2.24, 2.45) is 7.05 Å². The van der Waals surface area contributed by atoms with Crippen molar-refractivity contribution in [1.82, 2.24) is 19.8 Å². The third-order valence-electron chi connectivity index (χ3n) is 3.92. The second-order valence-electron chi connectivity index (χ2n) is 5.49. The number of aryl methyl sites for hydroxylation is 1.